The van der Waals surface area contributed by atoms with Crippen LogP contribution in [-0.2, 0) is 9.53 Å². The Kier molecular flexibility index (Phi) is 6.56. The number of rotatable bonds is 4. The molecule has 40 heavy (non-hydrogen) atoms. The lowest BCUT2D eigenvalue weighted by molar-refractivity contribution is -0.211. The number of halogens is 1. The van der Waals surface area contributed by atoms with E-state index in [2.05, 4.69) is 6.92 Å². The monoisotopic (exact) mass is 554 g/mol. The highest BCUT2D eigenvalue weighted by Gasteiger charge is 2.69. The van der Waals surface area contributed by atoms with E-state index < -0.39 is 0 Å². The van der Waals surface area contributed by atoms with Crippen LogP contribution >= 0.6 is 0 Å². The Labute approximate surface area is 238 Å². The topological polar surface area (TPSA) is 73.2 Å². The van der Waals surface area contributed by atoms with Crippen molar-refractivity contribution in [1.82, 2.24) is 0 Å². The van der Waals surface area contributed by atoms with Crippen molar-refractivity contribution in [3.8, 4) is 0 Å². The van der Waals surface area contributed by atoms with E-state index in [1.165, 1.54) is 18.6 Å². The van der Waals surface area contributed by atoms with Crippen LogP contribution in [0.25, 0.3) is 0 Å². The first kappa shape index (κ1) is 27.2. The molecule has 0 unspecified atom stereocenters. The number of fused-ring (bicyclic) bond motifs is 5. The van der Waals surface area contributed by atoms with Crippen molar-refractivity contribution in [2.24, 2.45) is 46.3 Å². The van der Waals surface area contributed by atoms with Crippen molar-refractivity contribution >= 4 is 17.3 Å². The summed E-state index contributed by atoms with van der Waals surface area (Å²) in [6.07, 6.45) is 10.3. The minimum Gasteiger partial charge on any atom is -0.393 e. The van der Waals surface area contributed by atoms with Gasteiger partial charge in [0.25, 0.3) is 0 Å². The summed E-state index contributed by atoms with van der Waals surface area (Å²) in [4.78, 5) is 17.2. The summed E-state index contributed by atoms with van der Waals surface area (Å²) in [5, 5.41) is 22.1. The first-order valence-electron chi connectivity index (χ1n) is 15.9. The predicted molar refractivity (Wildman–Crippen MR) is 152 cm³/mol. The van der Waals surface area contributed by atoms with Crippen molar-refractivity contribution in [2.75, 3.05) is 30.6 Å². The van der Waals surface area contributed by atoms with Gasteiger partial charge in [0.05, 0.1) is 36.4 Å². The zero-order valence-corrected chi connectivity index (χ0v) is 24.4. The van der Waals surface area contributed by atoms with Crippen molar-refractivity contribution in [2.45, 2.75) is 95.9 Å². The quantitative estimate of drug-likeness (QED) is 0.525. The second-order valence-electron chi connectivity index (χ2n) is 14.6. The Morgan fingerprint density at radius 3 is 2.65 bits per heavy atom. The Morgan fingerprint density at radius 2 is 1.85 bits per heavy atom. The number of nitrogens with zero attached hydrogens (tertiary/aromatic N) is 2. The molecule has 11 atom stereocenters. The van der Waals surface area contributed by atoms with E-state index in [9.17, 15) is 19.4 Å². The first-order chi connectivity index (χ1) is 19.2. The first-order valence-corrected chi connectivity index (χ1v) is 15.9. The molecule has 2 N–H and O–H groups in total. The van der Waals surface area contributed by atoms with Gasteiger partial charge >= 0.3 is 0 Å². The summed E-state index contributed by atoms with van der Waals surface area (Å²) in [6, 6.07) is 4.69. The molecule has 0 aromatic heterocycles. The number of aliphatic hydroxyl groups is 2. The van der Waals surface area contributed by atoms with Crippen LogP contribution in [0.15, 0.2) is 18.2 Å². The molecular weight excluding hydrogens is 507 g/mol. The van der Waals surface area contributed by atoms with Crippen LogP contribution in [0.2, 0.25) is 0 Å². The minimum absolute atomic E-state index is 0.111. The van der Waals surface area contributed by atoms with Gasteiger partial charge in [-0.2, -0.15) is 0 Å². The lowest BCUT2D eigenvalue weighted by Gasteiger charge is -2.64. The Hall–Kier alpha value is -1.70. The number of hydrogen-bond acceptors (Lipinski definition) is 5. The molecule has 1 aromatic carbocycles. The van der Waals surface area contributed by atoms with E-state index in [0.717, 1.165) is 69.2 Å². The molecule has 0 saturated heterocycles. The second-order valence-corrected chi connectivity index (χ2v) is 14.6. The Morgan fingerprint density at radius 1 is 1.05 bits per heavy atom. The number of ether oxygens (including phenoxy) is 1. The molecule has 0 bridgehead atoms. The van der Waals surface area contributed by atoms with Crippen LogP contribution in [0, 0.1) is 52.2 Å². The Balaban J connectivity index is 1.09. The van der Waals surface area contributed by atoms with E-state index in [-0.39, 0.29) is 40.9 Å². The average molecular weight is 555 g/mol. The van der Waals surface area contributed by atoms with Crippen LogP contribution < -0.4 is 9.80 Å². The number of carbonyl (C=O) groups is 1. The number of benzene rings is 1. The van der Waals surface area contributed by atoms with Gasteiger partial charge in [0.2, 0.25) is 5.91 Å². The molecule has 1 spiro atoms. The fourth-order valence-corrected chi connectivity index (χ4v) is 11.6. The summed E-state index contributed by atoms with van der Waals surface area (Å²) in [6.45, 7) is 2.93. The predicted octanol–water partition coefficient (Wildman–Crippen LogP) is 5.35. The van der Waals surface area contributed by atoms with E-state index in [1.54, 1.807) is 6.07 Å². The highest BCUT2D eigenvalue weighted by molar-refractivity contribution is 5.99. The van der Waals surface area contributed by atoms with E-state index in [0.29, 0.717) is 48.6 Å². The maximum absolute atomic E-state index is 13.8. The van der Waals surface area contributed by atoms with Crippen molar-refractivity contribution < 1.29 is 24.1 Å². The second kappa shape index (κ2) is 9.67. The summed E-state index contributed by atoms with van der Waals surface area (Å²) >= 11 is 0. The number of hydrogen-bond donors (Lipinski definition) is 2. The molecule has 7 heteroatoms. The van der Waals surface area contributed by atoms with Crippen LogP contribution in [0.4, 0.5) is 15.8 Å². The van der Waals surface area contributed by atoms with Gasteiger partial charge in [-0.15, -0.1) is 0 Å². The molecule has 6 nitrogen and oxygen atoms in total. The highest BCUT2D eigenvalue weighted by Crippen LogP contribution is 2.72. The van der Waals surface area contributed by atoms with Gasteiger partial charge in [0.15, 0.2) is 0 Å². The van der Waals surface area contributed by atoms with E-state index in [4.69, 9.17) is 4.74 Å². The molecule has 0 radical (unpaired) electrons. The smallest absolute Gasteiger partial charge is 0.228 e. The number of anilines is 2. The standard InChI is InChI=1S/C33H47FN2O4/c1-32-12-11-22(37)14-20(32)15-28(38)31-24-7-6-23-19(10-13-33(23,24)29(40-3)17-25(31)32)4-9-30(39)36-18-35(2)27-16-21(34)5-8-26(27)36/h5,8,16,19-20,22-25,28-29,31,37-38H,4,6-7,9-15,17-18H2,1-3H3/t19-,20-,22+,23+,24-,25-,28+,29-,31-,32-,33+/m0/s1. The van der Waals surface area contributed by atoms with Gasteiger partial charge in [-0.25, -0.2) is 4.39 Å². The summed E-state index contributed by atoms with van der Waals surface area (Å²) in [7, 11) is 3.81. The van der Waals surface area contributed by atoms with Crippen molar-refractivity contribution in [1.29, 1.82) is 0 Å². The fraction of sp³-hybridized carbons (Fsp3) is 0.788. The molecule has 1 aliphatic heterocycles. The number of carbonyl (C=O) groups excluding carboxylic acids is 1. The molecule has 220 valence electrons. The van der Waals surface area contributed by atoms with Crippen LogP contribution in [0.1, 0.15) is 77.6 Å². The lowest BCUT2D eigenvalue weighted by Crippen LogP contribution is -2.62. The van der Waals surface area contributed by atoms with Crippen molar-refractivity contribution in [3.63, 3.8) is 0 Å². The number of aliphatic hydroxyl groups excluding tert-OH is 2. The van der Waals surface area contributed by atoms with Gasteiger partial charge in [0, 0.05) is 26.0 Å². The normalized spacial score (nSPS) is 45.5. The molecular formula is C33H47FN2O4. The molecule has 1 heterocycles. The third-order valence-electron chi connectivity index (χ3n) is 13.3. The molecule has 5 fully saturated rings. The van der Waals surface area contributed by atoms with Crippen LogP contribution in [0.5, 0.6) is 0 Å². The van der Waals surface area contributed by atoms with E-state index >= 15 is 0 Å². The summed E-state index contributed by atoms with van der Waals surface area (Å²) in [5.74, 6) is 2.55. The van der Waals surface area contributed by atoms with Gasteiger partial charge in [-0.1, -0.05) is 6.92 Å². The van der Waals surface area contributed by atoms with E-state index in [1.807, 2.05) is 24.0 Å². The maximum atomic E-state index is 13.8. The number of methoxy groups -OCH3 is 1. The largest absolute Gasteiger partial charge is 0.393 e. The zero-order valence-electron chi connectivity index (χ0n) is 24.4. The summed E-state index contributed by atoms with van der Waals surface area (Å²) in [5.41, 5.74) is 1.87. The van der Waals surface area contributed by atoms with Crippen LogP contribution in [0.3, 0.4) is 0 Å². The third-order valence-corrected chi connectivity index (χ3v) is 13.3. The fourth-order valence-electron chi connectivity index (χ4n) is 11.6. The molecule has 7 rings (SSSR count). The highest BCUT2D eigenvalue weighted by atomic mass is 19.1. The van der Waals surface area contributed by atoms with Gasteiger partial charge in [-0.3, -0.25) is 9.69 Å². The van der Waals surface area contributed by atoms with Gasteiger partial charge in [0.1, 0.15) is 5.82 Å². The zero-order chi connectivity index (χ0) is 28.0. The minimum atomic E-state index is -0.288. The van der Waals surface area contributed by atoms with Crippen LogP contribution in [-0.4, -0.2) is 55.3 Å². The average Bonchev–Trinajstić information content (AvgIpc) is 3.59. The maximum Gasteiger partial charge on any atom is 0.228 e. The molecule has 1 amide bonds. The summed E-state index contributed by atoms with van der Waals surface area (Å²) < 4.78 is 20.2. The van der Waals surface area contributed by atoms with Gasteiger partial charge in [-0.05, 0) is 123 Å². The number of amides is 1. The third kappa shape index (κ3) is 3.79. The Bertz CT molecular complexity index is 1160. The lowest BCUT2D eigenvalue weighted by atomic mass is 9.43. The molecule has 1 aromatic rings. The van der Waals surface area contributed by atoms with Crippen molar-refractivity contribution in [3.05, 3.63) is 24.0 Å². The molecule has 5 saturated carbocycles. The SMILES string of the molecule is CO[C@H]1C[C@H]2[C@@H]([C@H](O)C[C@@H]3C[C@H](O)CC[C@@]32C)[C@@H]2CC[C@@H]3[C@@H](CCC(=O)N4CN(C)c5cc(F)ccc54)CC[C@@]132. The molecule has 6 aliphatic rings. The van der Waals surface area contributed by atoms with Gasteiger partial charge < -0.3 is 19.8 Å². The molecule has 5 aliphatic carbocycles.